The Hall–Kier alpha value is 2.65. The molecule has 17 heavy (non-hydrogen) atoms. The minimum atomic E-state index is -5.17. The van der Waals surface area contributed by atoms with E-state index in [0.717, 1.165) is 0 Å². The fourth-order valence-electron chi connectivity index (χ4n) is 0. The Labute approximate surface area is 174 Å². The van der Waals surface area contributed by atoms with Crippen LogP contribution in [0, 0.1) is 93.8 Å². The quantitative estimate of drug-likeness (QED) is 0.183. The van der Waals surface area contributed by atoms with Gasteiger partial charge in [-0.3, -0.25) is 25.3 Å². The van der Waals surface area contributed by atoms with Gasteiger partial charge in [0.25, 0.3) is 0 Å². The zero-order valence-corrected chi connectivity index (χ0v) is 12.5. The van der Waals surface area contributed by atoms with Crippen molar-refractivity contribution < 1.29 is 146 Å². The Kier molecular flexibility index (Phi) is 25.5. The summed E-state index contributed by atoms with van der Waals surface area (Å²) in [6, 6.07) is 0. The average Bonchev–Trinajstić information content (AvgIpc) is 1.41. The second-order valence-corrected chi connectivity index (χ2v) is 3.67. The topological polar surface area (TPSA) is 241 Å². The van der Waals surface area contributed by atoms with E-state index in [1.165, 1.54) is 0 Å². The Balaban J connectivity index is -0.0000000400. The van der Waals surface area contributed by atoms with Crippen molar-refractivity contribution in [2.24, 2.45) is 0 Å². The summed E-state index contributed by atoms with van der Waals surface area (Å²) >= 11 is 0. The molecule has 0 aromatic rings. The van der Waals surface area contributed by atoms with E-state index < -0.39 is 31.2 Å². The Morgan fingerprint density at radius 1 is 0.412 bits per heavy atom. The first kappa shape index (κ1) is 31.8. The normalized spacial score (nSPS) is 10.2. The predicted molar refractivity (Wildman–Crippen MR) is 31.4 cm³/mol. The maximum absolute atomic E-state index is 8.52. The summed E-state index contributed by atoms with van der Waals surface area (Å²) in [6.45, 7) is 0. The molecule has 0 rings (SSSR count). The van der Waals surface area contributed by atoms with E-state index in [-0.39, 0.29) is 93.8 Å². The van der Waals surface area contributed by atoms with Gasteiger partial charge in [-0.05, 0) is 0 Å². The molecular weight excluding hydrogens is 634 g/mol. The monoisotopic (exact) mass is 636 g/mol. The van der Waals surface area contributed by atoms with E-state index in [1.54, 1.807) is 0 Å². The van der Waals surface area contributed by atoms with Crippen LogP contribution in [0.5, 0.6) is 0 Å². The van der Waals surface area contributed by atoms with Gasteiger partial charge in [0.15, 0.2) is 0 Å². The maximum Gasteiger partial charge on any atom is 2.00 e. The third-order valence-electron chi connectivity index (χ3n) is 0. The molecule has 0 atom stereocenters. The van der Waals surface area contributed by atoms with E-state index in [1.807, 2.05) is 0 Å². The van der Waals surface area contributed by atoms with E-state index >= 15 is 0 Å². The number of hydrogen-bond acceptors (Lipinski definition) is 12. The molecular formula is O12S3Yb2-2. The minimum absolute atomic E-state index is 0. The van der Waals surface area contributed by atoms with Crippen LogP contribution < -0.4 is 0 Å². The summed E-state index contributed by atoms with van der Waals surface area (Å²) in [5.41, 5.74) is 0. The first-order valence-corrected chi connectivity index (χ1v) is 6.00. The third-order valence-corrected chi connectivity index (χ3v) is 0. The van der Waals surface area contributed by atoms with Crippen LogP contribution in [0.3, 0.4) is 0 Å². The van der Waals surface area contributed by atoms with Gasteiger partial charge in [0, 0.05) is 31.2 Å². The standard InChI is InChI=1S/3H2O4S.2Yb/c3*1-5(2,3)4;;/h3*(H2,1,2,3,4);;/q;;;2*+2/p-6. The molecule has 0 saturated carbocycles. The van der Waals surface area contributed by atoms with Gasteiger partial charge < -0.3 is 27.3 Å². The molecule has 0 aliphatic heterocycles. The molecule has 0 aliphatic rings. The Morgan fingerprint density at radius 3 is 0.412 bits per heavy atom. The molecule has 0 aromatic carbocycles. The van der Waals surface area contributed by atoms with E-state index in [0.29, 0.717) is 0 Å². The molecule has 0 aromatic heterocycles. The van der Waals surface area contributed by atoms with E-state index in [4.69, 9.17) is 52.6 Å². The van der Waals surface area contributed by atoms with Crippen molar-refractivity contribution in [2.45, 2.75) is 0 Å². The molecule has 120 valence electrons. The van der Waals surface area contributed by atoms with Crippen molar-refractivity contribution in [3.05, 3.63) is 0 Å². The van der Waals surface area contributed by atoms with Gasteiger partial charge in [0.2, 0.25) is 0 Å². The molecule has 17 heteroatoms. The van der Waals surface area contributed by atoms with Gasteiger partial charge in [0.05, 0.1) is 0 Å². The van der Waals surface area contributed by atoms with Gasteiger partial charge in [-0.2, -0.15) is 0 Å². The number of rotatable bonds is 0. The van der Waals surface area contributed by atoms with Crippen molar-refractivity contribution in [1.29, 1.82) is 0 Å². The first-order chi connectivity index (χ1) is 6.00. The predicted octanol–water partition coefficient (Wildman–Crippen LogP) is -4.01. The van der Waals surface area contributed by atoms with Crippen molar-refractivity contribution in [1.82, 2.24) is 0 Å². The van der Waals surface area contributed by atoms with Crippen molar-refractivity contribution in [3.8, 4) is 0 Å². The summed E-state index contributed by atoms with van der Waals surface area (Å²) in [5.74, 6) is 0. The Morgan fingerprint density at radius 2 is 0.412 bits per heavy atom. The largest absolute Gasteiger partial charge is 2.00 e. The summed E-state index contributed by atoms with van der Waals surface area (Å²) < 4.78 is 102. The van der Waals surface area contributed by atoms with Crippen LogP contribution >= 0.6 is 0 Å². The zero-order valence-electron chi connectivity index (χ0n) is 6.66. The molecule has 0 unspecified atom stereocenters. The van der Waals surface area contributed by atoms with Crippen LogP contribution in [0.25, 0.3) is 0 Å². The van der Waals surface area contributed by atoms with Gasteiger partial charge in [-0.1, -0.05) is 0 Å². The van der Waals surface area contributed by atoms with Crippen LogP contribution in [0.2, 0.25) is 0 Å². The smallest absolute Gasteiger partial charge is 0.759 e. The molecule has 0 aliphatic carbocycles. The molecule has 0 bridgehead atoms. The first-order valence-electron chi connectivity index (χ1n) is 2.00. The van der Waals surface area contributed by atoms with Crippen molar-refractivity contribution in [3.63, 3.8) is 0 Å². The average molecular weight is 634 g/mol. The van der Waals surface area contributed by atoms with Gasteiger partial charge in [0.1, 0.15) is 0 Å². The van der Waals surface area contributed by atoms with Crippen LogP contribution in [-0.2, 0) is 31.2 Å². The molecule has 12 nitrogen and oxygen atoms in total. The summed E-state index contributed by atoms with van der Waals surface area (Å²) in [7, 11) is -15.5. The fourth-order valence-corrected chi connectivity index (χ4v) is 0. The molecule has 0 saturated heterocycles. The van der Waals surface area contributed by atoms with Crippen molar-refractivity contribution >= 4 is 31.2 Å². The van der Waals surface area contributed by atoms with Crippen LogP contribution in [0.1, 0.15) is 0 Å². The summed E-state index contributed by atoms with van der Waals surface area (Å²) in [6.07, 6.45) is 0. The maximum atomic E-state index is 8.52. The van der Waals surface area contributed by atoms with Gasteiger partial charge in [-0.15, -0.1) is 0 Å². The minimum Gasteiger partial charge on any atom is -0.759 e. The zero-order chi connectivity index (χ0) is 13.5. The van der Waals surface area contributed by atoms with E-state index in [2.05, 4.69) is 0 Å². The summed E-state index contributed by atoms with van der Waals surface area (Å²) in [5, 5.41) is 0. The molecule has 0 fully saturated rings. The Bertz CT molecular complexity index is 341. The number of hydrogen-bond donors (Lipinski definition) is 0. The van der Waals surface area contributed by atoms with E-state index in [9.17, 15) is 0 Å². The molecule has 0 amide bonds. The van der Waals surface area contributed by atoms with Gasteiger partial charge >= 0.3 is 93.8 Å². The second kappa shape index (κ2) is 13.6. The SMILES string of the molecule is O=S(=O)([O-])[O-].O=S(=O)([O-])[O-].O=S(=O)([O-])[O-].[Yb+2].[Yb+2]. The molecule has 0 spiro atoms. The van der Waals surface area contributed by atoms with Crippen LogP contribution in [0.15, 0.2) is 0 Å². The van der Waals surface area contributed by atoms with Crippen LogP contribution in [-0.4, -0.2) is 52.6 Å². The molecule has 0 radical (unpaired) electrons. The van der Waals surface area contributed by atoms with Crippen LogP contribution in [0.4, 0.5) is 0 Å². The van der Waals surface area contributed by atoms with Crippen molar-refractivity contribution in [2.75, 3.05) is 0 Å². The third kappa shape index (κ3) is 737. The van der Waals surface area contributed by atoms with Gasteiger partial charge in [-0.25, -0.2) is 0 Å². The fraction of sp³-hybridized carbons (Fsp3) is 0. The molecule has 0 N–H and O–H groups in total. The summed E-state index contributed by atoms with van der Waals surface area (Å²) in [4.78, 5) is 0. The second-order valence-electron chi connectivity index (χ2n) is 1.22. The molecule has 0 heterocycles.